The summed E-state index contributed by atoms with van der Waals surface area (Å²) >= 11 is 0. The summed E-state index contributed by atoms with van der Waals surface area (Å²) in [4.78, 5) is 10.9. The Bertz CT molecular complexity index is 388. The molecule has 1 aromatic rings. The summed E-state index contributed by atoms with van der Waals surface area (Å²) in [7, 11) is 1.30. The minimum absolute atomic E-state index is 0.328. The van der Waals surface area contributed by atoms with Crippen LogP contribution in [0, 0.1) is 5.82 Å². The molecule has 3 nitrogen and oxygen atoms in total. The van der Waals surface area contributed by atoms with Crippen LogP contribution < -0.4 is 5.32 Å². The minimum Gasteiger partial charge on any atom is -0.466 e. The van der Waals surface area contributed by atoms with Gasteiger partial charge in [-0.15, -0.1) is 0 Å². The summed E-state index contributed by atoms with van der Waals surface area (Å²) in [5, 5.41) is 2.87. The molecule has 0 aliphatic rings. The van der Waals surface area contributed by atoms with Crippen molar-refractivity contribution in [2.75, 3.05) is 12.4 Å². The number of hydrogen-bond donors (Lipinski definition) is 1. The van der Waals surface area contributed by atoms with Gasteiger partial charge in [0.2, 0.25) is 0 Å². The lowest BCUT2D eigenvalue weighted by molar-refractivity contribution is -0.134. The fourth-order valence-corrected chi connectivity index (χ4v) is 1.07. The topological polar surface area (TPSA) is 38.3 Å². The van der Waals surface area contributed by atoms with Crippen molar-refractivity contribution in [2.45, 2.75) is 6.92 Å². The molecule has 80 valence electrons. The average Bonchev–Trinajstić information content (AvgIpc) is 2.17. The van der Waals surface area contributed by atoms with Gasteiger partial charge in [-0.3, -0.25) is 0 Å². The quantitative estimate of drug-likeness (QED) is 0.613. The number of methoxy groups -OCH3 is 1. The van der Waals surface area contributed by atoms with Gasteiger partial charge in [0, 0.05) is 17.5 Å². The number of anilines is 1. The third-order valence-electron chi connectivity index (χ3n) is 1.70. The molecule has 0 fully saturated rings. The molecule has 1 aromatic carbocycles. The van der Waals surface area contributed by atoms with Gasteiger partial charge in [0.15, 0.2) is 0 Å². The molecule has 0 radical (unpaired) electrons. The number of carbonyl (C=O) groups is 1. The zero-order valence-corrected chi connectivity index (χ0v) is 8.58. The Morgan fingerprint density at radius 2 is 2.27 bits per heavy atom. The molecule has 0 atom stereocenters. The second kappa shape index (κ2) is 5.14. The van der Waals surface area contributed by atoms with Gasteiger partial charge in [0.1, 0.15) is 5.82 Å². The molecule has 0 amide bonds. The summed E-state index contributed by atoms with van der Waals surface area (Å²) in [6.45, 7) is 1.70. The molecule has 0 heterocycles. The zero-order chi connectivity index (χ0) is 11.3. The van der Waals surface area contributed by atoms with E-state index in [-0.39, 0.29) is 5.82 Å². The lowest BCUT2D eigenvalue weighted by Gasteiger charge is -2.05. The Kier molecular flexibility index (Phi) is 3.85. The number of benzene rings is 1. The second-order valence-corrected chi connectivity index (χ2v) is 2.99. The molecule has 0 unspecified atom stereocenters. The summed E-state index contributed by atoms with van der Waals surface area (Å²) < 4.78 is 17.2. The van der Waals surface area contributed by atoms with Crippen LogP contribution in [0.25, 0.3) is 0 Å². The number of ether oxygens (including phenoxy) is 1. The van der Waals surface area contributed by atoms with Crippen LogP contribution in [0.3, 0.4) is 0 Å². The highest BCUT2D eigenvalue weighted by Crippen LogP contribution is 2.11. The third-order valence-corrected chi connectivity index (χ3v) is 1.70. The fraction of sp³-hybridized carbons (Fsp3) is 0.182. The maximum Gasteiger partial charge on any atom is 0.332 e. The predicted molar refractivity (Wildman–Crippen MR) is 55.8 cm³/mol. The molecular formula is C11H12FNO2. The van der Waals surface area contributed by atoms with E-state index in [0.29, 0.717) is 11.4 Å². The highest BCUT2D eigenvalue weighted by atomic mass is 19.1. The number of nitrogens with one attached hydrogen (secondary N) is 1. The van der Waals surface area contributed by atoms with E-state index in [1.807, 2.05) is 0 Å². The van der Waals surface area contributed by atoms with Gasteiger partial charge in [-0.1, -0.05) is 6.07 Å². The van der Waals surface area contributed by atoms with Crippen molar-refractivity contribution in [3.63, 3.8) is 0 Å². The van der Waals surface area contributed by atoms with Crippen LogP contribution in [0.1, 0.15) is 6.92 Å². The molecule has 0 saturated heterocycles. The van der Waals surface area contributed by atoms with Crippen LogP contribution in [-0.2, 0) is 9.53 Å². The number of hydrogen-bond acceptors (Lipinski definition) is 3. The van der Waals surface area contributed by atoms with Gasteiger partial charge in [0.25, 0.3) is 0 Å². The van der Waals surface area contributed by atoms with Gasteiger partial charge in [-0.2, -0.15) is 0 Å². The number of esters is 1. The predicted octanol–water partition coefficient (Wildman–Crippen LogP) is 2.31. The highest BCUT2D eigenvalue weighted by Gasteiger charge is 1.98. The third kappa shape index (κ3) is 3.81. The van der Waals surface area contributed by atoms with E-state index in [2.05, 4.69) is 10.1 Å². The van der Waals surface area contributed by atoms with E-state index in [4.69, 9.17) is 0 Å². The SMILES string of the molecule is COC(=O)/C=C(/C)Nc1cccc(F)c1. The molecule has 0 bridgehead atoms. The van der Waals surface area contributed by atoms with Gasteiger partial charge < -0.3 is 10.1 Å². The standard InChI is InChI=1S/C11H12FNO2/c1-8(6-11(14)15-2)13-10-5-3-4-9(12)7-10/h3-7,13H,1-2H3/b8-6-. The largest absolute Gasteiger partial charge is 0.466 e. The van der Waals surface area contributed by atoms with Crippen molar-refractivity contribution < 1.29 is 13.9 Å². The molecule has 15 heavy (non-hydrogen) atoms. The molecular weight excluding hydrogens is 197 g/mol. The second-order valence-electron chi connectivity index (χ2n) is 2.99. The normalized spacial score (nSPS) is 11.0. The minimum atomic E-state index is -0.448. The van der Waals surface area contributed by atoms with Gasteiger partial charge >= 0.3 is 5.97 Å². The molecule has 0 aliphatic heterocycles. The molecule has 0 aromatic heterocycles. The zero-order valence-electron chi connectivity index (χ0n) is 8.58. The molecule has 0 spiro atoms. The van der Waals surface area contributed by atoms with Gasteiger partial charge in [-0.25, -0.2) is 9.18 Å². The Balaban J connectivity index is 2.70. The first-order valence-electron chi connectivity index (χ1n) is 4.40. The first-order chi connectivity index (χ1) is 7.11. The average molecular weight is 209 g/mol. The lowest BCUT2D eigenvalue weighted by Crippen LogP contribution is -2.02. The van der Waals surface area contributed by atoms with Crippen LogP contribution >= 0.6 is 0 Å². The van der Waals surface area contributed by atoms with E-state index < -0.39 is 5.97 Å². The van der Waals surface area contributed by atoms with Crippen molar-refractivity contribution in [2.24, 2.45) is 0 Å². The summed E-state index contributed by atoms with van der Waals surface area (Å²) in [5.41, 5.74) is 1.18. The number of halogens is 1. The summed E-state index contributed by atoms with van der Waals surface area (Å²) in [6.07, 6.45) is 1.30. The molecule has 1 N–H and O–H groups in total. The van der Waals surface area contributed by atoms with Crippen molar-refractivity contribution >= 4 is 11.7 Å². The molecule has 1 rings (SSSR count). The van der Waals surface area contributed by atoms with Crippen LogP contribution in [0.15, 0.2) is 36.0 Å². The van der Waals surface area contributed by atoms with E-state index in [1.165, 1.54) is 25.3 Å². The van der Waals surface area contributed by atoms with Crippen molar-refractivity contribution in [3.8, 4) is 0 Å². The Hall–Kier alpha value is -1.84. The lowest BCUT2D eigenvalue weighted by atomic mass is 10.3. The van der Waals surface area contributed by atoms with E-state index >= 15 is 0 Å². The first-order valence-corrected chi connectivity index (χ1v) is 4.40. The van der Waals surface area contributed by atoms with E-state index in [1.54, 1.807) is 19.1 Å². The maximum atomic E-state index is 12.8. The van der Waals surface area contributed by atoms with Crippen molar-refractivity contribution in [3.05, 3.63) is 41.9 Å². The van der Waals surface area contributed by atoms with Crippen LogP contribution in [0.5, 0.6) is 0 Å². The Morgan fingerprint density at radius 1 is 1.53 bits per heavy atom. The van der Waals surface area contributed by atoms with Crippen molar-refractivity contribution in [1.82, 2.24) is 0 Å². The van der Waals surface area contributed by atoms with Crippen LogP contribution in [0.4, 0.5) is 10.1 Å². The number of allylic oxidation sites excluding steroid dienone is 1. The molecule has 0 saturated carbocycles. The van der Waals surface area contributed by atoms with Gasteiger partial charge in [0.05, 0.1) is 7.11 Å². The smallest absolute Gasteiger partial charge is 0.332 e. The highest BCUT2D eigenvalue weighted by molar-refractivity contribution is 5.83. The monoisotopic (exact) mass is 209 g/mol. The summed E-state index contributed by atoms with van der Waals surface area (Å²) in [5.74, 6) is -0.776. The summed E-state index contributed by atoms with van der Waals surface area (Å²) in [6, 6.07) is 5.99. The van der Waals surface area contributed by atoms with E-state index in [0.717, 1.165) is 0 Å². The molecule has 4 heteroatoms. The molecule has 0 aliphatic carbocycles. The van der Waals surface area contributed by atoms with Crippen molar-refractivity contribution in [1.29, 1.82) is 0 Å². The maximum absolute atomic E-state index is 12.8. The number of rotatable bonds is 3. The van der Waals surface area contributed by atoms with Crippen LogP contribution in [0.2, 0.25) is 0 Å². The Morgan fingerprint density at radius 3 is 2.87 bits per heavy atom. The van der Waals surface area contributed by atoms with Gasteiger partial charge in [-0.05, 0) is 25.1 Å². The van der Waals surface area contributed by atoms with E-state index in [9.17, 15) is 9.18 Å². The fourth-order valence-electron chi connectivity index (χ4n) is 1.07. The van der Waals surface area contributed by atoms with Crippen LogP contribution in [-0.4, -0.2) is 13.1 Å². The Labute approximate surface area is 87.6 Å². The number of carbonyl (C=O) groups excluding carboxylic acids is 1. The first kappa shape index (κ1) is 11.2.